The summed E-state index contributed by atoms with van der Waals surface area (Å²) < 4.78 is 5.71. The number of anilines is 1. The molecule has 25 heavy (non-hydrogen) atoms. The Labute approximate surface area is 146 Å². The zero-order valence-electron chi connectivity index (χ0n) is 13.5. The predicted molar refractivity (Wildman–Crippen MR) is 96.7 cm³/mol. The fourth-order valence-electron chi connectivity index (χ4n) is 2.30. The largest absolute Gasteiger partial charge is 0.457 e. The second kappa shape index (κ2) is 7.80. The molecule has 4 nitrogen and oxygen atoms in total. The van der Waals surface area contributed by atoms with Crippen LogP contribution in [0.15, 0.2) is 78.9 Å². The highest BCUT2D eigenvalue weighted by Crippen LogP contribution is 2.21. The highest BCUT2D eigenvalue weighted by atomic mass is 16.5. The van der Waals surface area contributed by atoms with E-state index in [2.05, 4.69) is 11.4 Å². The maximum Gasteiger partial charge on any atom is 0.255 e. The maximum atomic E-state index is 12.3. The fraction of sp³-hybridized carbons (Fsp3) is 0.0476. The summed E-state index contributed by atoms with van der Waals surface area (Å²) in [6.45, 7) is 0. The molecule has 0 aromatic heterocycles. The van der Waals surface area contributed by atoms with E-state index in [-0.39, 0.29) is 5.91 Å². The van der Waals surface area contributed by atoms with Crippen LogP contribution in [0.3, 0.4) is 0 Å². The van der Waals surface area contributed by atoms with Crippen LogP contribution in [0.2, 0.25) is 0 Å². The van der Waals surface area contributed by atoms with Gasteiger partial charge in [0.25, 0.3) is 5.91 Å². The van der Waals surface area contributed by atoms with Crippen molar-refractivity contribution in [2.75, 3.05) is 5.32 Å². The average molecular weight is 328 g/mol. The number of carbonyl (C=O) groups excluding carboxylic acids is 1. The second-order valence-corrected chi connectivity index (χ2v) is 5.43. The Morgan fingerprint density at radius 2 is 1.52 bits per heavy atom. The molecule has 4 heteroatoms. The molecule has 3 aromatic carbocycles. The van der Waals surface area contributed by atoms with Gasteiger partial charge in [-0.25, -0.2) is 0 Å². The minimum absolute atomic E-state index is 0.195. The Hall–Kier alpha value is -3.58. The third-order valence-corrected chi connectivity index (χ3v) is 3.59. The van der Waals surface area contributed by atoms with E-state index < -0.39 is 0 Å². The van der Waals surface area contributed by atoms with Gasteiger partial charge < -0.3 is 10.1 Å². The van der Waals surface area contributed by atoms with E-state index >= 15 is 0 Å². The van der Waals surface area contributed by atoms with Crippen LogP contribution in [0, 0.1) is 11.3 Å². The number of amides is 1. The van der Waals surface area contributed by atoms with E-state index in [0.29, 0.717) is 23.4 Å². The fourth-order valence-corrected chi connectivity index (χ4v) is 2.30. The molecule has 0 heterocycles. The minimum Gasteiger partial charge on any atom is -0.457 e. The molecule has 0 saturated carbocycles. The van der Waals surface area contributed by atoms with Gasteiger partial charge in [-0.2, -0.15) is 5.26 Å². The first kappa shape index (κ1) is 16.3. The van der Waals surface area contributed by atoms with Gasteiger partial charge in [-0.05, 0) is 54.1 Å². The zero-order chi connectivity index (χ0) is 17.5. The van der Waals surface area contributed by atoms with Crippen LogP contribution in [-0.2, 0) is 6.42 Å². The van der Waals surface area contributed by atoms with Gasteiger partial charge in [0.15, 0.2) is 0 Å². The molecule has 0 aliphatic carbocycles. The molecule has 3 rings (SSSR count). The molecular weight excluding hydrogens is 312 g/mol. The van der Waals surface area contributed by atoms with Crippen LogP contribution in [0.1, 0.15) is 15.9 Å². The Morgan fingerprint density at radius 3 is 2.16 bits per heavy atom. The molecule has 0 atom stereocenters. The summed E-state index contributed by atoms with van der Waals surface area (Å²) in [6.07, 6.45) is 0.358. The highest BCUT2D eigenvalue weighted by molar-refractivity contribution is 6.04. The van der Waals surface area contributed by atoms with Gasteiger partial charge in [0, 0.05) is 11.3 Å². The number of nitrogens with one attached hydrogen (secondary N) is 1. The molecule has 1 N–H and O–H groups in total. The molecule has 0 fully saturated rings. The Morgan fingerprint density at radius 1 is 0.880 bits per heavy atom. The number of rotatable bonds is 5. The Kier molecular flexibility index (Phi) is 5.08. The maximum absolute atomic E-state index is 12.3. The van der Waals surface area contributed by atoms with Crippen molar-refractivity contribution in [3.8, 4) is 17.6 Å². The molecule has 0 bridgehead atoms. The number of benzene rings is 3. The number of hydrogen-bond donors (Lipinski definition) is 1. The molecule has 0 radical (unpaired) electrons. The number of hydrogen-bond acceptors (Lipinski definition) is 3. The molecule has 0 aliphatic heterocycles. The number of nitriles is 1. The van der Waals surface area contributed by atoms with Crippen molar-refractivity contribution in [3.05, 3.63) is 90.0 Å². The summed E-state index contributed by atoms with van der Waals surface area (Å²) in [5, 5.41) is 11.5. The van der Waals surface area contributed by atoms with Gasteiger partial charge in [0.2, 0.25) is 0 Å². The molecular formula is C21H16N2O2. The van der Waals surface area contributed by atoms with Crippen LogP contribution in [0.4, 0.5) is 5.69 Å². The predicted octanol–water partition coefficient (Wildman–Crippen LogP) is 4.80. The summed E-state index contributed by atoms with van der Waals surface area (Å²) >= 11 is 0. The molecule has 122 valence electrons. The first-order valence-corrected chi connectivity index (χ1v) is 7.85. The summed E-state index contributed by atoms with van der Waals surface area (Å²) in [4.78, 5) is 12.3. The summed E-state index contributed by atoms with van der Waals surface area (Å²) in [7, 11) is 0. The van der Waals surface area contributed by atoms with Crippen LogP contribution >= 0.6 is 0 Å². The van der Waals surface area contributed by atoms with Crippen LogP contribution in [0.5, 0.6) is 11.5 Å². The first-order valence-electron chi connectivity index (χ1n) is 7.85. The van der Waals surface area contributed by atoms with Crippen LogP contribution < -0.4 is 10.1 Å². The van der Waals surface area contributed by atoms with Gasteiger partial charge in [-0.3, -0.25) is 4.79 Å². The minimum atomic E-state index is -0.195. The van der Waals surface area contributed by atoms with E-state index in [1.807, 2.05) is 42.5 Å². The number of para-hydroxylation sites is 1. The summed E-state index contributed by atoms with van der Waals surface area (Å²) in [5.41, 5.74) is 2.15. The van der Waals surface area contributed by atoms with Crippen molar-refractivity contribution < 1.29 is 9.53 Å². The van der Waals surface area contributed by atoms with E-state index in [9.17, 15) is 4.79 Å². The monoisotopic (exact) mass is 328 g/mol. The SMILES string of the molecule is N#CCc1ccc(NC(=O)c2ccc(Oc3ccccc3)cc2)cc1. The zero-order valence-corrected chi connectivity index (χ0v) is 13.5. The second-order valence-electron chi connectivity index (χ2n) is 5.43. The summed E-state index contributed by atoms with van der Waals surface area (Å²) in [6, 6.07) is 25.8. The van der Waals surface area contributed by atoms with Crippen molar-refractivity contribution in [3.63, 3.8) is 0 Å². The van der Waals surface area contributed by atoms with Gasteiger partial charge in [-0.1, -0.05) is 30.3 Å². The van der Waals surface area contributed by atoms with Gasteiger partial charge in [0.1, 0.15) is 11.5 Å². The van der Waals surface area contributed by atoms with E-state index in [4.69, 9.17) is 10.00 Å². The number of ether oxygens (including phenoxy) is 1. The number of nitrogens with zero attached hydrogens (tertiary/aromatic N) is 1. The lowest BCUT2D eigenvalue weighted by Crippen LogP contribution is -2.11. The standard InChI is InChI=1S/C21H16N2O2/c22-15-14-16-6-10-18(11-7-16)23-21(24)17-8-12-20(13-9-17)25-19-4-2-1-3-5-19/h1-13H,14H2,(H,23,24). The molecule has 1 amide bonds. The molecule has 0 unspecified atom stereocenters. The van der Waals surface area contributed by atoms with Crippen LogP contribution in [0.25, 0.3) is 0 Å². The number of carbonyl (C=O) groups is 1. The smallest absolute Gasteiger partial charge is 0.255 e. The lowest BCUT2D eigenvalue weighted by atomic mass is 10.1. The van der Waals surface area contributed by atoms with Crippen LogP contribution in [-0.4, -0.2) is 5.91 Å². The summed E-state index contributed by atoms with van der Waals surface area (Å²) in [5.74, 6) is 1.22. The highest BCUT2D eigenvalue weighted by Gasteiger charge is 2.07. The van der Waals surface area contributed by atoms with Crippen molar-refractivity contribution in [1.82, 2.24) is 0 Å². The Balaban J connectivity index is 1.63. The third-order valence-electron chi connectivity index (χ3n) is 3.59. The van der Waals surface area contributed by atoms with E-state index in [1.165, 1.54) is 0 Å². The molecule has 0 aliphatic rings. The quantitative estimate of drug-likeness (QED) is 0.732. The average Bonchev–Trinajstić information content (AvgIpc) is 2.65. The topological polar surface area (TPSA) is 62.1 Å². The lowest BCUT2D eigenvalue weighted by Gasteiger charge is -2.08. The van der Waals surface area contributed by atoms with Crippen molar-refractivity contribution in [1.29, 1.82) is 5.26 Å². The van der Waals surface area contributed by atoms with Gasteiger partial charge in [-0.15, -0.1) is 0 Å². The van der Waals surface area contributed by atoms with Crippen molar-refractivity contribution in [2.24, 2.45) is 0 Å². The van der Waals surface area contributed by atoms with Gasteiger partial charge >= 0.3 is 0 Å². The third kappa shape index (κ3) is 4.46. The normalized spacial score (nSPS) is 9.88. The van der Waals surface area contributed by atoms with E-state index in [1.54, 1.807) is 36.4 Å². The van der Waals surface area contributed by atoms with Crippen molar-refractivity contribution in [2.45, 2.75) is 6.42 Å². The van der Waals surface area contributed by atoms with Gasteiger partial charge in [0.05, 0.1) is 12.5 Å². The lowest BCUT2D eigenvalue weighted by molar-refractivity contribution is 0.102. The first-order chi connectivity index (χ1) is 12.2. The molecule has 3 aromatic rings. The van der Waals surface area contributed by atoms with Crippen molar-refractivity contribution >= 4 is 11.6 Å². The van der Waals surface area contributed by atoms with E-state index in [0.717, 1.165) is 11.3 Å². The molecule has 0 saturated heterocycles. The molecule has 0 spiro atoms. The Bertz CT molecular complexity index is 880.